The Balaban J connectivity index is 1.54. The Kier molecular flexibility index (Phi) is 4.07. The van der Waals surface area contributed by atoms with Crippen LogP contribution in [-0.4, -0.2) is 19.8 Å². The standard InChI is InChI=1S/C20H23NO3/c1-13-9-14-10-19(22-2)15(11-20(14)24-13)12-21-17-7-8-23-18-6-4-3-5-16(17)18/h3-6,10-11,13,17,21H,7-9,12H2,1-2H3/t13-,17-/m0/s1. The summed E-state index contributed by atoms with van der Waals surface area (Å²) in [6.45, 7) is 3.59. The summed E-state index contributed by atoms with van der Waals surface area (Å²) in [6, 6.07) is 12.8. The van der Waals surface area contributed by atoms with E-state index in [1.165, 1.54) is 11.1 Å². The number of nitrogens with one attached hydrogen (secondary N) is 1. The molecule has 0 spiro atoms. The monoisotopic (exact) mass is 325 g/mol. The van der Waals surface area contributed by atoms with Gasteiger partial charge in [0, 0.05) is 42.1 Å². The van der Waals surface area contributed by atoms with Gasteiger partial charge in [-0.05, 0) is 25.1 Å². The van der Waals surface area contributed by atoms with Gasteiger partial charge < -0.3 is 19.5 Å². The Morgan fingerprint density at radius 3 is 2.96 bits per heavy atom. The minimum Gasteiger partial charge on any atom is -0.496 e. The topological polar surface area (TPSA) is 39.7 Å². The first kappa shape index (κ1) is 15.3. The minimum absolute atomic E-state index is 0.246. The van der Waals surface area contributed by atoms with Crippen LogP contribution in [0.4, 0.5) is 0 Å². The third-order valence-corrected chi connectivity index (χ3v) is 4.80. The number of fused-ring (bicyclic) bond motifs is 2. The molecule has 2 aromatic rings. The number of methoxy groups -OCH3 is 1. The van der Waals surface area contributed by atoms with Crippen molar-refractivity contribution in [2.45, 2.75) is 38.5 Å². The van der Waals surface area contributed by atoms with E-state index in [4.69, 9.17) is 14.2 Å². The van der Waals surface area contributed by atoms with Crippen LogP contribution in [0.15, 0.2) is 36.4 Å². The van der Waals surface area contributed by atoms with E-state index in [1.54, 1.807) is 7.11 Å². The molecule has 1 N–H and O–H groups in total. The second kappa shape index (κ2) is 6.36. The SMILES string of the molecule is COc1cc2c(cc1CN[C@H]1CCOc3ccccc31)O[C@@H](C)C2. The molecule has 2 atom stereocenters. The van der Waals surface area contributed by atoms with E-state index < -0.39 is 0 Å². The molecular weight excluding hydrogens is 302 g/mol. The highest BCUT2D eigenvalue weighted by Gasteiger charge is 2.24. The van der Waals surface area contributed by atoms with Crippen LogP contribution in [0.2, 0.25) is 0 Å². The number of para-hydroxylation sites is 1. The van der Waals surface area contributed by atoms with Crippen LogP contribution in [0.5, 0.6) is 17.2 Å². The fourth-order valence-corrected chi connectivity index (χ4v) is 3.60. The molecule has 2 aliphatic heterocycles. The van der Waals surface area contributed by atoms with Crippen molar-refractivity contribution < 1.29 is 14.2 Å². The summed E-state index contributed by atoms with van der Waals surface area (Å²) < 4.78 is 17.2. The first-order valence-electron chi connectivity index (χ1n) is 8.56. The normalized spacial score (nSPS) is 21.4. The Morgan fingerprint density at radius 1 is 1.21 bits per heavy atom. The largest absolute Gasteiger partial charge is 0.496 e. The number of benzene rings is 2. The van der Waals surface area contributed by atoms with Crippen LogP contribution in [-0.2, 0) is 13.0 Å². The van der Waals surface area contributed by atoms with Crippen molar-refractivity contribution in [1.82, 2.24) is 5.32 Å². The highest BCUT2D eigenvalue weighted by atomic mass is 16.5. The number of rotatable bonds is 4. The quantitative estimate of drug-likeness (QED) is 0.932. The highest BCUT2D eigenvalue weighted by Crippen LogP contribution is 2.36. The van der Waals surface area contributed by atoms with Crippen molar-refractivity contribution in [3.63, 3.8) is 0 Å². The van der Waals surface area contributed by atoms with Crippen LogP contribution in [0, 0.1) is 0 Å². The zero-order valence-electron chi connectivity index (χ0n) is 14.2. The molecule has 0 saturated carbocycles. The minimum atomic E-state index is 0.246. The van der Waals surface area contributed by atoms with Crippen LogP contribution in [0.25, 0.3) is 0 Å². The maximum Gasteiger partial charge on any atom is 0.124 e. The Labute approximate surface area is 142 Å². The molecule has 2 aromatic carbocycles. The number of ether oxygens (including phenoxy) is 3. The number of hydrogen-bond donors (Lipinski definition) is 1. The molecule has 0 saturated heterocycles. The molecule has 4 heteroatoms. The summed E-state index contributed by atoms with van der Waals surface area (Å²) >= 11 is 0. The molecule has 4 rings (SSSR count). The summed E-state index contributed by atoms with van der Waals surface area (Å²) in [5.74, 6) is 2.91. The number of hydrogen-bond acceptors (Lipinski definition) is 4. The summed E-state index contributed by atoms with van der Waals surface area (Å²) in [5.41, 5.74) is 3.60. The first-order valence-corrected chi connectivity index (χ1v) is 8.56. The third-order valence-electron chi connectivity index (χ3n) is 4.80. The van der Waals surface area contributed by atoms with Gasteiger partial charge in [0.15, 0.2) is 0 Å². The van der Waals surface area contributed by atoms with Gasteiger partial charge >= 0.3 is 0 Å². The second-order valence-corrected chi connectivity index (χ2v) is 6.51. The molecule has 0 radical (unpaired) electrons. The third kappa shape index (κ3) is 2.82. The fourth-order valence-electron chi connectivity index (χ4n) is 3.60. The van der Waals surface area contributed by atoms with Crippen LogP contribution < -0.4 is 19.5 Å². The smallest absolute Gasteiger partial charge is 0.124 e. The maximum absolute atomic E-state index is 5.89. The molecule has 4 nitrogen and oxygen atoms in total. The summed E-state index contributed by atoms with van der Waals surface area (Å²) in [4.78, 5) is 0. The van der Waals surface area contributed by atoms with Gasteiger partial charge in [-0.1, -0.05) is 18.2 Å². The van der Waals surface area contributed by atoms with Gasteiger partial charge in [0.2, 0.25) is 0 Å². The predicted molar refractivity (Wildman–Crippen MR) is 92.9 cm³/mol. The van der Waals surface area contributed by atoms with Crippen molar-refractivity contribution in [2.24, 2.45) is 0 Å². The molecule has 24 heavy (non-hydrogen) atoms. The van der Waals surface area contributed by atoms with E-state index in [9.17, 15) is 0 Å². The summed E-state index contributed by atoms with van der Waals surface area (Å²) in [6.07, 6.45) is 2.17. The predicted octanol–water partition coefficient (Wildman–Crippen LogP) is 3.63. The van der Waals surface area contributed by atoms with Gasteiger partial charge in [-0.15, -0.1) is 0 Å². The molecule has 0 aliphatic carbocycles. The zero-order valence-corrected chi connectivity index (χ0v) is 14.2. The Hall–Kier alpha value is -2.20. The molecule has 126 valence electrons. The lowest BCUT2D eigenvalue weighted by molar-refractivity contribution is 0.250. The van der Waals surface area contributed by atoms with Crippen molar-refractivity contribution in [3.05, 3.63) is 53.1 Å². The summed E-state index contributed by atoms with van der Waals surface area (Å²) in [7, 11) is 1.73. The lowest BCUT2D eigenvalue weighted by Crippen LogP contribution is -2.26. The zero-order chi connectivity index (χ0) is 16.5. The Bertz CT molecular complexity index is 744. The van der Waals surface area contributed by atoms with Crippen molar-refractivity contribution >= 4 is 0 Å². The molecule has 0 unspecified atom stereocenters. The van der Waals surface area contributed by atoms with E-state index in [1.807, 2.05) is 12.1 Å². The van der Waals surface area contributed by atoms with E-state index in [0.717, 1.165) is 48.8 Å². The molecular formula is C20H23NO3. The Morgan fingerprint density at radius 2 is 2.08 bits per heavy atom. The van der Waals surface area contributed by atoms with Crippen LogP contribution in [0.1, 0.15) is 36.1 Å². The van der Waals surface area contributed by atoms with E-state index in [0.29, 0.717) is 6.04 Å². The highest BCUT2D eigenvalue weighted by molar-refractivity contribution is 5.49. The van der Waals surface area contributed by atoms with Gasteiger partial charge in [-0.2, -0.15) is 0 Å². The molecule has 2 heterocycles. The van der Waals surface area contributed by atoms with Crippen LogP contribution in [0.3, 0.4) is 0 Å². The van der Waals surface area contributed by atoms with Crippen molar-refractivity contribution in [3.8, 4) is 17.2 Å². The van der Waals surface area contributed by atoms with Crippen LogP contribution >= 0.6 is 0 Å². The average molecular weight is 325 g/mol. The fraction of sp³-hybridized carbons (Fsp3) is 0.400. The van der Waals surface area contributed by atoms with E-state index in [-0.39, 0.29) is 6.10 Å². The van der Waals surface area contributed by atoms with Gasteiger partial charge in [-0.3, -0.25) is 0 Å². The van der Waals surface area contributed by atoms with E-state index >= 15 is 0 Å². The molecule has 0 fully saturated rings. The molecule has 2 aliphatic rings. The summed E-state index contributed by atoms with van der Waals surface area (Å²) in [5, 5.41) is 3.66. The first-order chi connectivity index (χ1) is 11.7. The lowest BCUT2D eigenvalue weighted by Gasteiger charge is -2.27. The maximum atomic E-state index is 5.89. The van der Waals surface area contributed by atoms with Gasteiger partial charge in [0.1, 0.15) is 23.4 Å². The second-order valence-electron chi connectivity index (χ2n) is 6.51. The van der Waals surface area contributed by atoms with Crippen molar-refractivity contribution in [2.75, 3.05) is 13.7 Å². The molecule has 0 bridgehead atoms. The van der Waals surface area contributed by atoms with Gasteiger partial charge in [-0.25, -0.2) is 0 Å². The van der Waals surface area contributed by atoms with Gasteiger partial charge in [0.25, 0.3) is 0 Å². The molecule has 0 amide bonds. The molecule has 0 aromatic heterocycles. The average Bonchev–Trinajstić information content (AvgIpc) is 2.97. The van der Waals surface area contributed by atoms with E-state index in [2.05, 4.69) is 36.5 Å². The van der Waals surface area contributed by atoms with Crippen molar-refractivity contribution in [1.29, 1.82) is 0 Å². The lowest BCUT2D eigenvalue weighted by atomic mass is 10.00. The van der Waals surface area contributed by atoms with Gasteiger partial charge in [0.05, 0.1) is 13.7 Å².